The van der Waals surface area contributed by atoms with E-state index in [0.29, 0.717) is 0 Å². The number of aliphatic carboxylic acids is 1. The first-order valence-corrected chi connectivity index (χ1v) is 4.20. The number of carbonyl (C=O) groups is 1. The minimum absolute atomic E-state index is 0.0791. The summed E-state index contributed by atoms with van der Waals surface area (Å²) in [6.45, 7) is 7.50. The van der Waals surface area contributed by atoms with E-state index in [9.17, 15) is 4.79 Å². The molecule has 1 atom stereocenters. The molecule has 1 unspecified atom stereocenters. The van der Waals surface area contributed by atoms with E-state index in [1.807, 2.05) is 0 Å². The maximum atomic E-state index is 10.4. The SMILES string of the molecule is [CH2]C(CC(=O)O)N1CCNCC1. The summed E-state index contributed by atoms with van der Waals surface area (Å²) in [6, 6.07) is -0.0791. The molecule has 0 aliphatic carbocycles. The van der Waals surface area contributed by atoms with Gasteiger partial charge in [-0.15, -0.1) is 0 Å². The van der Waals surface area contributed by atoms with Crippen molar-refractivity contribution in [3.8, 4) is 0 Å². The quantitative estimate of drug-likeness (QED) is 0.605. The van der Waals surface area contributed by atoms with Crippen molar-refractivity contribution in [3.63, 3.8) is 0 Å². The van der Waals surface area contributed by atoms with Crippen molar-refractivity contribution in [2.45, 2.75) is 12.5 Å². The predicted octanol–water partition coefficient (Wildman–Crippen LogP) is -0.431. The Balaban J connectivity index is 2.29. The molecular weight excluding hydrogens is 156 g/mol. The zero-order valence-electron chi connectivity index (χ0n) is 7.12. The molecule has 4 nitrogen and oxygen atoms in total. The van der Waals surface area contributed by atoms with Gasteiger partial charge in [-0.2, -0.15) is 0 Å². The fourth-order valence-corrected chi connectivity index (χ4v) is 1.38. The number of nitrogens with one attached hydrogen (secondary N) is 1. The van der Waals surface area contributed by atoms with Gasteiger partial charge in [-0.25, -0.2) is 0 Å². The first-order chi connectivity index (χ1) is 5.70. The molecule has 4 heteroatoms. The zero-order valence-corrected chi connectivity index (χ0v) is 7.12. The molecule has 1 rings (SSSR count). The van der Waals surface area contributed by atoms with E-state index in [4.69, 9.17) is 5.11 Å². The average Bonchev–Trinajstić information content (AvgIpc) is 2.05. The van der Waals surface area contributed by atoms with E-state index in [1.165, 1.54) is 0 Å². The first kappa shape index (κ1) is 9.48. The molecule has 0 saturated carbocycles. The van der Waals surface area contributed by atoms with Crippen LogP contribution in [0.3, 0.4) is 0 Å². The van der Waals surface area contributed by atoms with Crippen LogP contribution < -0.4 is 5.32 Å². The van der Waals surface area contributed by atoms with E-state index < -0.39 is 5.97 Å². The highest BCUT2D eigenvalue weighted by Gasteiger charge is 2.18. The van der Waals surface area contributed by atoms with Gasteiger partial charge in [0, 0.05) is 32.2 Å². The number of rotatable bonds is 3. The molecule has 1 aliphatic heterocycles. The fraction of sp³-hybridized carbons (Fsp3) is 0.750. The van der Waals surface area contributed by atoms with Gasteiger partial charge in [0.05, 0.1) is 6.42 Å². The summed E-state index contributed by atoms with van der Waals surface area (Å²) in [4.78, 5) is 12.5. The van der Waals surface area contributed by atoms with Crippen LogP contribution in [0.1, 0.15) is 6.42 Å². The van der Waals surface area contributed by atoms with Gasteiger partial charge >= 0.3 is 5.97 Å². The molecule has 1 heterocycles. The van der Waals surface area contributed by atoms with Gasteiger partial charge in [-0.05, 0) is 6.92 Å². The Hall–Kier alpha value is -0.610. The highest BCUT2D eigenvalue weighted by atomic mass is 16.4. The van der Waals surface area contributed by atoms with Crippen LogP contribution in [0.5, 0.6) is 0 Å². The highest BCUT2D eigenvalue weighted by molar-refractivity contribution is 5.67. The number of hydrogen-bond donors (Lipinski definition) is 2. The lowest BCUT2D eigenvalue weighted by Crippen LogP contribution is -2.48. The van der Waals surface area contributed by atoms with Crippen molar-refractivity contribution in [1.29, 1.82) is 0 Å². The summed E-state index contributed by atoms with van der Waals surface area (Å²) < 4.78 is 0. The Kier molecular flexibility index (Phi) is 3.49. The summed E-state index contributed by atoms with van der Waals surface area (Å²) in [5, 5.41) is 11.7. The zero-order chi connectivity index (χ0) is 8.97. The molecule has 0 aromatic heterocycles. The van der Waals surface area contributed by atoms with E-state index in [2.05, 4.69) is 17.1 Å². The van der Waals surface area contributed by atoms with E-state index in [-0.39, 0.29) is 12.5 Å². The highest BCUT2D eigenvalue weighted by Crippen LogP contribution is 2.03. The van der Waals surface area contributed by atoms with Crippen LogP contribution in [0.2, 0.25) is 0 Å². The van der Waals surface area contributed by atoms with Crippen LogP contribution in [-0.2, 0) is 4.79 Å². The van der Waals surface area contributed by atoms with Gasteiger partial charge in [0.2, 0.25) is 0 Å². The van der Waals surface area contributed by atoms with Crippen molar-refractivity contribution >= 4 is 5.97 Å². The van der Waals surface area contributed by atoms with Gasteiger partial charge in [0.1, 0.15) is 0 Å². The van der Waals surface area contributed by atoms with Gasteiger partial charge < -0.3 is 10.4 Å². The molecule has 0 spiro atoms. The largest absolute Gasteiger partial charge is 0.481 e. The lowest BCUT2D eigenvalue weighted by molar-refractivity contribution is -0.138. The van der Waals surface area contributed by atoms with Crippen molar-refractivity contribution in [1.82, 2.24) is 10.2 Å². The fourth-order valence-electron chi connectivity index (χ4n) is 1.38. The van der Waals surface area contributed by atoms with Crippen molar-refractivity contribution in [2.75, 3.05) is 26.2 Å². The van der Waals surface area contributed by atoms with Gasteiger partial charge in [-0.3, -0.25) is 9.69 Å². The summed E-state index contributed by atoms with van der Waals surface area (Å²) in [7, 11) is 0. The van der Waals surface area contributed by atoms with E-state index >= 15 is 0 Å². The minimum Gasteiger partial charge on any atom is -0.481 e. The van der Waals surface area contributed by atoms with Crippen molar-refractivity contribution in [3.05, 3.63) is 6.92 Å². The second-order valence-electron chi connectivity index (χ2n) is 3.04. The normalized spacial score (nSPS) is 22.1. The first-order valence-electron chi connectivity index (χ1n) is 4.20. The van der Waals surface area contributed by atoms with Crippen LogP contribution in [0.25, 0.3) is 0 Å². The molecule has 0 aromatic carbocycles. The monoisotopic (exact) mass is 171 g/mol. The standard InChI is InChI=1S/C8H15N2O2/c1-7(6-8(11)12)10-4-2-9-3-5-10/h7,9H,1-6H2,(H,11,12). The van der Waals surface area contributed by atoms with Crippen molar-refractivity contribution in [2.24, 2.45) is 0 Å². The molecule has 0 aromatic rings. The maximum absolute atomic E-state index is 10.4. The Morgan fingerprint density at radius 3 is 2.67 bits per heavy atom. The second-order valence-corrected chi connectivity index (χ2v) is 3.04. The van der Waals surface area contributed by atoms with E-state index in [0.717, 1.165) is 26.2 Å². The van der Waals surface area contributed by atoms with Gasteiger partial charge in [0.25, 0.3) is 0 Å². The summed E-state index contributed by atoms with van der Waals surface area (Å²) in [5.74, 6) is -0.770. The van der Waals surface area contributed by atoms with E-state index in [1.54, 1.807) is 0 Å². The molecular formula is C8H15N2O2. The number of nitrogens with zero attached hydrogens (tertiary/aromatic N) is 1. The van der Waals surface area contributed by atoms with Gasteiger partial charge in [-0.1, -0.05) is 0 Å². The Morgan fingerprint density at radius 2 is 2.17 bits per heavy atom. The number of piperazine rings is 1. The molecule has 1 aliphatic rings. The van der Waals surface area contributed by atoms with Crippen LogP contribution in [-0.4, -0.2) is 48.2 Å². The summed E-state index contributed by atoms with van der Waals surface area (Å²) >= 11 is 0. The predicted molar refractivity (Wildman–Crippen MR) is 45.8 cm³/mol. The summed E-state index contributed by atoms with van der Waals surface area (Å²) in [6.07, 6.45) is 0.139. The molecule has 1 radical (unpaired) electrons. The third kappa shape index (κ3) is 2.79. The third-order valence-corrected chi connectivity index (χ3v) is 2.08. The Bertz CT molecular complexity index is 155. The molecule has 69 valence electrons. The maximum Gasteiger partial charge on any atom is 0.304 e. The van der Waals surface area contributed by atoms with Crippen LogP contribution in [0, 0.1) is 6.92 Å². The number of carboxylic acid groups (broad SMARTS) is 1. The molecule has 12 heavy (non-hydrogen) atoms. The Labute approximate surface area is 72.6 Å². The molecule has 1 fully saturated rings. The molecule has 2 N–H and O–H groups in total. The Morgan fingerprint density at radius 1 is 1.58 bits per heavy atom. The minimum atomic E-state index is -0.770. The number of hydrogen-bond acceptors (Lipinski definition) is 3. The molecule has 1 saturated heterocycles. The average molecular weight is 171 g/mol. The van der Waals surface area contributed by atoms with Crippen LogP contribution in [0.4, 0.5) is 0 Å². The van der Waals surface area contributed by atoms with Gasteiger partial charge in [0.15, 0.2) is 0 Å². The lowest BCUT2D eigenvalue weighted by Gasteiger charge is -2.31. The smallest absolute Gasteiger partial charge is 0.304 e. The second kappa shape index (κ2) is 4.42. The molecule has 0 amide bonds. The number of carboxylic acids is 1. The topological polar surface area (TPSA) is 52.6 Å². The van der Waals surface area contributed by atoms with Crippen LogP contribution >= 0.6 is 0 Å². The lowest BCUT2D eigenvalue weighted by atomic mass is 10.2. The molecule has 0 bridgehead atoms. The third-order valence-electron chi connectivity index (χ3n) is 2.08. The van der Waals surface area contributed by atoms with Crippen LogP contribution in [0.15, 0.2) is 0 Å². The van der Waals surface area contributed by atoms with Crippen molar-refractivity contribution < 1.29 is 9.90 Å². The summed E-state index contributed by atoms with van der Waals surface area (Å²) in [5.41, 5.74) is 0.